The number of Topliss-reactive ketones (excluding diaryl/α,β-unsaturated/α-hetero) is 1. The summed E-state index contributed by atoms with van der Waals surface area (Å²) in [5.41, 5.74) is -0.590. The minimum Gasteiger partial charge on any atom is -0.444 e. The van der Waals surface area contributed by atoms with Crippen LogP contribution in [0.4, 0.5) is 4.79 Å². The number of hydrogen-bond donors (Lipinski definition) is 0. The van der Waals surface area contributed by atoms with E-state index < -0.39 is 18.1 Å². The molecule has 21 heavy (non-hydrogen) atoms. The second kappa shape index (κ2) is 7.20. The fraction of sp³-hybridized carbons (Fsp3) is 0.857. The summed E-state index contributed by atoms with van der Waals surface area (Å²) in [4.78, 5) is 26.9. The first-order valence-corrected chi connectivity index (χ1v) is 6.96. The number of ketones is 1. The number of amides is 1. The molecule has 1 rings (SSSR count). The third-order valence-electron chi connectivity index (χ3n) is 2.93. The van der Waals surface area contributed by atoms with E-state index in [1.807, 2.05) is 14.1 Å². The third-order valence-corrected chi connectivity index (χ3v) is 2.93. The number of carbonyl (C=O) groups is 2. The second-order valence-corrected chi connectivity index (χ2v) is 6.34. The van der Waals surface area contributed by atoms with Crippen LogP contribution in [0, 0.1) is 0 Å². The second-order valence-electron chi connectivity index (χ2n) is 6.34. The average Bonchev–Trinajstić information content (AvgIpc) is 2.69. The van der Waals surface area contributed by atoms with Crippen molar-refractivity contribution in [2.45, 2.75) is 45.2 Å². The molecule has 0 aromatic heterocycles. The van der Waals surface area contributed by atoms with Crippen LogP contribution < -0.4 is 0 Å². The van der Waals surface area contributed by atoms with Crippen LogP contribution in [0.15, 0.2) is 0 Å². The molecule has 122 valence electrons. The molecule has 0 N–H and O–H groups in total. The fourth-order valence-corrected chi connectivity index (χ4v) is 2.06. The Morgan fingerprint density at radius 2 is 2.05 bits per heavy atom. The maximum atomic E-state index is 12.1. The van der Waals surface area contributed by atoms with Crippen LogP contribution >= 0.6 is 0 Å². The first-order valence-electron chi connectivity index (χ1n) is 6.96. The van der Waals surface area contributed by atoms with Crippen molar-refractivity contribution in [3.05, 3.63) is 0 Å². The minimum atomic E-state index is -0.590. The van der Waals surface area contributed by atoms with Gasteiger partial charge in [0.25, 0.3) is 0 Å². The van der Waals surface area contributed by atoms with Crippen molar-refractivity contribution in [1.29, 1.82) is 0 Å². The predicted molar refractivity (Wildman–Crippen MR) is 76.8 cm³/mol. The molecule has 0 bridgehead atoms. The van der Waals surface area contributed by atoms with E-state index in [-0.39, 0.29) is 31.4 Å². The van der Waals surface area contributed by atoms with Crippen LogP contribution in [0.3, 0.4) is 0 Å². The van der Waals surface area contributed by atoms with E-state index in [9.17, 15) is 9.59 Å². The zero-order valence-electron chi connectivity index (χ0n) is 13.7. The van der Waals surface area contributed by atoms with Gasteiger partial charge in [0.2, 0.25) is 6.41 Å². The number of methoxy groups -OCH3 is 1. The van der Waals surface area contributed by atoms with Gasteiger partial charge >= 0.3 is 6.09 Å². The van der Waals surface area contributed by atoms with Crippen LogP contribution in [-0.4, -0.2) is 74.1 Å². The topological polar surface area (TPSA) is 68.3 Å². The molecule has 1 aliphatic rings. The lowest BCUT2D eigenvalue weighted by atomic mass is 10.2. The molecule has 0 spiro atoms. The van der Waals surface area contributed by atoms with Gasteiger partial charge < -0.3 is 14.2 Å². The van der Waals surface area contributed by atoms with Crippen molar-refractivity contribution in [2.24, 2.45) is 0 Å². The van der Waals surface area contributed by atoms with E-state index in [1.165, 1.54) is 12.0 Å². The average molecular weight is 302 g/mol. The van der Waals surface area contributed by atoms with E-state index in [1.54, 1.807) is 25.7 Å². The van der Waals surface area contributed by atoms with E-state index in [0.717, 1.165) is 0 Å². The third kappa shape index (κ3) is 5.61. The largest absolute Gasteiger partial charge is 0.444 e. The molecule has 0 aromatic carbocycles. The highest BCUT2D eigenvalue weighted by Gasteiger charge is 2.37. The highest BCUT2D eigenvalue weighted by molar-refractivity contribution is 5.88. The Morgan fingerprint density at radius 3 is 2.52 bits per heavy atom. The number of likely N-dealkylation sites (tertiary alicyclic amines) is 1. The molecule has 7 heteroatoms. The normalized spacial score (nSPS) is 21.0. The Morgan fingerprint density at radius 1 is 1.43 bits per heavy atom. The quantitative estimate of drug-likeness (QED) is 0.708. The molecule has 1 amide bonds. The smallest absolute Gasteiger partial charge is 0.411 e. The lowest BCUT2D eigenvalue weighted by Crippen LogP contribution is -2.43. The molecule has 1 fully saturated rings. The first kappa shape index (κ1) is 17.9. The minimum absolute atomic E-state index is 0.00767. The van der Waals surface area contributed by atoms with Gasteiger partial charge in [0.05, 0.1) is 19.2 Å². The Kier molecular flexibility index (Phi) is 6.12. The van der Waals surface area contributed by atoms with Crippen molar-refractivity contribution < 1.29 is 23.8 Å². The van der Waals surface area contributed by atoms with Crippen LogP contribution in [0.5, 0.6) is 0 Å². The summed E-state index contributed by atoms with van der Waals surface area (Å²) >= 11 is 0. The summed E-state index contributed by atoms with van der Waals surface area (Å²) in [5.74, 6) is 0.00767. The van der Waals surface area contributed by atoms with Crippen molar-refractivity contribution >= 4 is 11.9 Å². The molecule has 0 radical (unpaired) electrons. The number of nitrogens with zero attached hydrogens (tertiary/aromatic N) is 2. The summed E-state index contributed by atoms with van der Waals surface area (Å²) in [5, 5.41) is 0. The molecule has 2 unspecified atom stereocenters. The number of ether oxygens (including phenoxy) is 3. The van der Waals surface area contributed by atoms with Crippen molar-refractivity contribution in [1.82, 2.24) is 9.80 Å². The highest BCUT2D eigenvalue weighted by Crippen LogP contribution is 2.19. The summed E-state index contributed by atoms with van der Waals surface area (Å²) in [7, 11) is 5.18. The Hall–Kier alpha value is -1.18. The standard InChI is InChI=1S/C14H26N2O5/c1-14(2,3)21-12(18)16-8-11(17)7-10(16)9-20-13(19-6)15(4)5/h10,13H,7-9H2,1-6H3. The van der Waals surface area contributed by atoms with Crippen LogP contribution in [0.1, 0.15) is 27.2 Å². The zero-order valence-corrected chi connectivity index (χ0v) is 13.7. The van der Waals surface area contributed by atoms with Crippen LogP contribution in [0.25, 0.3) is 0 Å². The summed E-state index contributed by atoms with van der Waals surface area (Å²) in [6.07, 6.45) is -0.717. The number of hydrogen-bond acceptors (Lipinski definition) is 6. The summed E-state index contributed by atoms with van der Waals surface area (Å²) in [6.45, 7) is 5.67. The number of rotatable bonds is 5. The van der Waals surface area contributed by atoms with Gasteiger partial charge in [0.15, 0.2) is 5.78 Å². The number of carbonyl (C=O) groups excluding carboxylic acids is 2. The van der Waals surface area contributed by atoms with E-state index in [4.69, 9.17) is 14.2 Å². The van der Waals surface area contributed by atoms with Crippen molar-refractivity contribution in [2.75, 3.05) is 34.4 Å². The molecular formula is C14H26N2O5. The Labute approximate surface area is 126 Å². The molecule has 0 saturated carbocycles. The van der Waals surface area contributed by atoms with Gasteiger partial charge in [0.1, 0.15) is 5.60 Å². The SMILES string of the molecule is COC(OCC1CC(=O)CN1C(=O)OC(C)(C)C)N(C)C. The van der Waals surface area contributed by atoms with Crippen LogP contribution in [-0.2, 0) is 19.0 Å². The van der Waals surface area contributed by atoms with Gasteiger partial charge in [-0.2, -0.15) is 0 Å². The van der Waals surface area contributed by atoms with Crippen molar-refractivity contribution in [3.63, 3.8) is 0 Å². The summed E-state index contributed by atoms with van der Waals surface area (Å²) < 4.78 is 16.1. The first-order chi connectivity index (χ1) is 9.64. The van der Waals surface area contributed by atoms with Gasteiger partial charge in [0, 0.05) is 13.5 Å². The molecule has 7 nitrogen and oxygen atoms in total. The van der Waals surface area contributed by atoms with Gasteiger partial charge in [-0.15, -0.1) is 0 Å². The zero-order chi connectivity index (χ0) is 16.2. The molecule has 0 aromatic rings. The van der Waals surface area contributed by atoms with Gasteiger partial charge in [-0.25, -0.2) is 4.79 Å². The molecule has 1 heterocycles. The van der Waals surface area contributed by atoms with Gasteiger partial charge in [-0.3, -0.25) is 14.6 Å². The maximum Gasteiger partial charge on any atom is 0.411 e. The Balaban J connectivity index is 2.62. The fourth-order valence-electron chi connectivity index (χ4n) is 2.06. The maximum absolute atomic E-state index is 12.1. The molecule has 2 atom stereocenters. The monoisotopic (exact) mass is 302 g/mol. The van der Waals surface area contributed by atoms with E-state index >= 15 is 0 Å². The van der Waals surface area contributed by atoms with Gasteiger partial charge in [-0.05, 0) is 34.9 Å². The van der Waals surface area contributed by atoms with Crippen LogP contribution in [0.2, 0.25) is 0 Å². The Bertz CT molecular complexity index is 378. The molecular weight excluding hydrogens is 276 g/mol. The van der Waals surface area contributed by atoms with E-state index in [2.05, 4.69) is 0 Å². The molecule has 1 saturated heterocycles. The summed E-state index contributed by atoms with van der Waals surface area (Å²) in [6, 6.07) is -0.315. The molecule has 1 aliphatic heterocycles. The van der Waals surface area contributed by atoms with Gasteiger partial charge in [-0.1, -0.05) is 0 Å². The lowest BCUT2D eigenvalue weighted by molar-refractivity contribution is -0.201. The molecule has 0 aliphatic carbocycles. The van der Waals surface area contributed by atoms with Crippen molar-refractivity contribution in [3.8, 4) is 0 Å². The predicted octanol–water partition coefficient (Wildman–Crippen LogP) is 1.07. The van der Waals surface area contributed by atoms with E-state index in [0.29, 0.717) is 0 Å². The lowest BCUT2D eigenvalue weighted by Gasteiger charge is -2.29. The highest BCUT2D eigenvalue weighted by atomic mass is 16.7.